The smallest absolute Gasteiger partial charge is 0.232 e. The van der Waals surface area contributed by atoms with Crippen molar-refractivity contribution in [2.45, 2.75) is 13.3 Å². The first-order valence-electron chi connectivity index (χ1n) is 8.61. The van der Waals surface area contributed by atoms with Crippen molar-refractivity contribution in [1.29, 1.82) is 0 Å². The molecule has 0 atom stereocenters. The van der Waals surface area contributed by atoms with Crippen LogP contribution in [0.1, 0.15) is 11.3 Å². The number of carbonyl (C=O) groups excluding carboxylic acids is 1. The van der Waals surface area contributed by atoms with E-state index in [1.165, 1.54) is 0 Å². The third-order valence-corrected chi connectivity index (χ3v) is 4.76. The number of carbonyl (C=O) groups is 1. The molecule has 2 aromatic rings. The lowest BCUT2D eigenvalue weighted by atomic mass is 10.2. The molecular weight excluding hydrogens is 318 g/mol. The maximum Gasteiger partial charge on any atom is 0.232 e. The van der Waals surface area contributed by atoms with Gasteiger partial charge in [0.1, 0.15) is 5.82 Å². The minimum absolute atomic E-state index is 0.104. The summed E-state index contributed by atoms with van der Waals surface area (Å²) in [5.74, 6) is 1.51. The fourth-order valence-corrected chi connectivity index (χ4v) is 3.30. The average Bonchev–Trinajstić information content (AvgIpc) is 2.97. The molecule has 0 aromatic carbocycles. The summed E-state index contributed by atoms with van der Waals surface area (Å²) in [6.45, 7) is 6.79. The minimum Gasteiger partial charge on any atom is -0.379 e. The molecule has 2 aromatic heterocycles. The van der Waals surface area contributed by atoms with Crippen LogP contribution in [0.5, 0.6) is 0 Å². The first-order chi connectivity index (χ1) is 12.2. The molecule has 0 unspecified atom stereocenters. The molecule has 2 aliphatic heterocycles. The zero-order chi connectivity index (χ0) is 17.2. The van der Waals surface area contributed by atoms with Crippen molar-refractivity contribution in [2.75, 3.05) is 44.3 Å². The normalized spacial score (nSPS) is 17.8. The topological polar surface area (TPSA) is 71.5 Å². The van der Waals surface area contributed by atoms with Crippen LogP contribution in [-0.4, -0.2) is 65.2 Å². The van der Waals surface area contributed by atoms with E-state index in [0.29, 0.717) is 18.8 Å². The van der Waals surface area contributed by atoms with Crippen molar-refractivity contribution in [3.05, 3.63) is 35.8 Å². The van der Waals surface area contributed by atoms with Crippen LogP contribution in [0, 0.1) is 6.92 Å². The molecule has 7 nitrogen and oxygen atoms in total. The monoisotopic (exact) mass is 339 g/mol. The number of amides is 1. The predicted octanol–water partition coefficient (Wildman–Crippen LogP) is 1.07. The Balaban J connectivity index is 1.59. The summed E-state index contributed by atoms with van der Waals surface area (Å²) < 4.78 is 5.38. The van der Waals surface area contributed by atoms with Gasteiger partial charge in [0.05, 0.1) is 19.6 Å². The molecule has 130 valence electrons. The summed E-state index contributed by atoms with van der Waals surface area (Å²) >= 11 is 0. The number of fused-ring (bicyclic) bond motifs is 1. The molecule has 1 amide bonds. The molecule has 0 N–H and O–H groups in total. The standard InChI is InChI=1S/C18H21N5O2/c1-13-15-12-16(24)23(7-6-22-8-10-25-11-9-22)18(15)21-17(20-13)14-2-4-19-5-3-14/h2-5H,6-12H2,1H3. The minimum atomic E-state index is 0.104. The Morgan fingerprint density at radius 1 is 1.12 bits per heavy atom. The maximum atomic E-state index is 12.5. The number of rotatable bonds is 4. The Bertz CT molecular complexity index is 775. The lowest BCUT2D eigenvalue weighted by molar-refractivity contribution is -0.117. The zero-order valence-electron chi connectivity index (χ0n) is 14.3. The van der Waals surface area contributed by atoms with Crippen molar-refractivity contribution in [3.8, 4) is 11.4 Å². The molecular formula is C18H21N5O2. The molecule has 1 saturated heterocycles. The van der Waals surface area contributed by atoms with Gasteiger partial charge in [-0.2, -0.15) is 0 Å². The Morgan fingerprint density at radius 2 is 1.88 bits per heavy atom. The molecule has 2 aliphatic rings. The molecule has 0 bridgehead atoms. The second kappa shape index (κ2) is 6.85. The van der Waals surface area contributed by atoms with E-state index < -0.39 is 0 Å². The largest absolute Gasteiger partial charge is 0.379 e. The number of hydrogen-bond acceptors (Lipinski definition) is 6. The summed E-state index contributed by atoms with van der Waals surface area (Å²) in [6, 6.07) is 3.77. The van der Waals surface area contributed by atoms with Gasteiger partial charge in [-0.3, -0.25) is 19.6 Å². The summed E-state index contributed by atoms with van der Waals surface area (Å²) in [5.41, 5.74) is 2.73. The number of anilines is 1. The number of nitrogens with zero attached hydrogens (tertiary/aromatic N) is 5. The van der Waals surface area contributed by atoms with Gasteiger partial charge in [-0.1, -0.05) is 0 Å². The van der Waals surface area contributed by atoms with Gasteiger partial charge in [0.2, 0.25) is 5.91 Å². The molecule has 0 saturated carbocycles. The Labute approximate surface area is 146 Å². The van der Waals surface area contributed by atoms with E-state index in [1.54, 1.807) is 12.4 Å². The van der Waals surface area contributed by atoms with E-state index in [4.69, 9.17) is 9.72 Å². The van der Waals surface area contributed by atoms with Gasteiger partial charge in [0.15, 0.2) is 5.82 Å². The Morgan fingerprint density at radius 3 is 2.64 bits per heavy atom. The lowest BCUT2D eigenvalue weighted by Gasteiger charge is -2.28. The average molecular weight is 339 g/mol. The van der Waals surface area contributed by atoms with Crippen molar-refractivity contribution >= 4 is 11.7 Å². The van der Waals surface area contributed by atoms with Gasteiger partial charge >= 0.3 is 0 Å². The highest BCUT2D eigenvalue weighted by Gasteiger charge is 2.31. The third-order valence-electron chi connectivity index (χ3n) is 4.76. The summed E-state index contributed by atoms with van der Waals surface area (Å²) in [7, 11) is 0. The SMILES string of the molecule is Cc1nc(-c2ccncc2)nc2c1CC(=O)N2CCN1CCOCC1. The highest BCUT2D eigenvalue weighted by atomic mass is 16.5. The van der Waals surface area contributed by atoms with Crippen molar-refractivity contribution in [2.24, 2.45) is 0 Å². The second-order valence-electron chi connectivity index (χ2n) is 6.35. The van der Waals surface area contributed by atoms with Crippen LogP contribution in [0.4, 0.5) is 5.82 Å². The Hall–Kier alpha value is -2.38. The summed E-state index contributed by atoms with van der Waals surface area (Å²) in [6.07, 6.45) is 3.84. The van der Waals surface area contributed by atoms with Crippen LogP contribution in [-0.2, 0) is 16.0 Å². The van der Waals surface area contributed by atoms with Gasteiger partial charge in [0.25, 0.3) is 0 Å². The van der Waals surface area contributed by atoms with Crippen molar-refractivity contribution < 1.29 is 9.53 Å². The van der Waals surface area contributed by atoms with Crippen molar-refractivity contribution in [1.82, 2.24) is 19.9 Å². The zero-order valence-corrected chi connectivity index (χ0v) is 14.3. The molecule has 4 rings (SSSR count). The lowest BCUT2D eigenvalue weighted by Crippen LogP contribution is -2.42. The first-order valence-corrected chi connectivity index (χ1v) is 8.61. The van der Waals surface area contributed by atoms with Crippen LogP contribution in [0.3, 0.4) is 0 Å². The number of aromatic nitrogens is 3. The van der Waals surface area contributed by atoms with Gasteiger partial charge in [-0.05, 0) is 19.1 Å². The summed E-state index contributed by atoms with van der Waals surface area (Å²) in [4.78, 5) is 30.0. The molecule has 1 fully saturated rings. The number of morpholine rings is 1. The fourth-order valence-electron chi connectivity index (χ4n) is 3.30. The van der Waals surface area contributed by atoms with Gasteiger partial charge in [-0.15, -0.1) is 0 Å². The van der Waals surface area contributed by atoms with E-state index in [0.717, 1.165) is 55.5 Å². The van der Waals surface area contributed by atoms with E-state index in [1.807, 2.05) is 24.0 Å². The quantitative estimate of drug-likeness (QED) is 0.830. The molecule has 7 heteroatoms. The molecule has 0 radical (unpaired) electrons. The maximum absolute atomic E-state index is 12.5. The van der Waals surface area contributed by atoms with Crippen molar-refractivity contribution in [3.63, 3.8) is 0 Å². The first kappa shape index (κ1) is 16.1. The fraction of sp³-hybridized carbons (Fsp3) is 0.444. The number of hydrogen-bond donors (Lipinski definition) is 0. The number of ether oxygens (including phenoxy) is 1. The third kappa shape index (κ3) is 3.25. The molecule has 25 heavy (non-hydrogen) atoms. The van der Waals surface area contributed by atoms with Crippen LogP contribution >= 0.6 is 0 Å². The summed E-state index contributed by atoms with van der Waals surface area (Å²) in [5, 5.41) is 0. The second-order valence-corrected chi connectivity index (χ2v) is 6.35. The van der Waals surface area contributed by atoms with E-state index in [2.05, 4.69) is 14.9 Å². The van der Waals surface area contributed by atoms with Gasteiger partial charge < -0.3 is 4.74 Å². The number of aryl methyl sites for hydroxylation is 1. The van der Waals surface area contributed by atoms with E-state index in [-0.39, 0.29) is 5.91 Å². The Kier molecular flexibility index (Phi) is 4.42. The van der Waals surface area contributed by atoms with Gasteiger partial charge in [-0.25, -0.2) is 9.97 Å². The molecule has 0 spiro atoms. The van der Waals surface area contributed by atoms with Crippen LogP contribution in [0.25, 0.3) is 11.4 Å². The predicted molar refractivity (Wildman–Crippen MR) is 93.3 cm³/mol. The van der Waals surface area contributed by atoms with Crippen LogP contribution < -0.4 is 4.90 Å². The molecule has 4 heterocycles. The van der Waals surface area contributed by atoms with Gasteiger partial charge in [0, 0.05) is 55.4 Å². The van der Waals surface area contributed by atoms with Crippen LogP contribution in [0.2, 0.25) is 0 Å². The van der Waals surface area contributed by atoms with E-state index in [9.17, 15) is 4.79 Å². The number of pyridine rings is 1. The van der Waals surface area contributed by atoms with Crippen LogP contribution in [0.15, 0.2) is 24.5 Å². The highest BCUT2D eigenvalue weighted by Crippen LogP contribution is 2.30. The highest BCUT2D eigenvalue weighted by molar-refractivity contribution is 6.00. The van der Waals surface area contributed by atoms with E-state index >= 15 is 0 Å². The molecule has 0 aliphatic carbocycles.